The first-order valence-electron chi connectivity index (χ1n) is 7.87. The molecule has 1 amide bonds. The van der Waals surface area contributed by atoms with Crippen molar-refractivity contribution in [2.24, 2.45) is 0 Å². The van der Waals surface area contributed by atoms with E-state index >= 15 is 0 Å². The van der Waals surface area contributed by atoms with E-state index in [-0.39, 0.29) is 12.5 Å². The second-order valence-electron chi connectivity index (χ2n) is 5.86. The Morgan fingerprint density at radius 2 is 2.12 bits per heavy atom. The summed E-state index contributed by atoms with van der Waals surface area (Å²) in [6, 6.07) is 11.0. The van der Waals surface area contributed by atoms with Crippen LogP contribution in [0.1, 0.15) is 22.0 Å². The third-order valence-corrected chi connectivity index (χ3v) is 4.82. The lowest BCUT2D eigenvalue weighted by Gasteiger charge is -2.10. The summed E-state index contributed by atoms with van der Waals surface area (Å²) >= 11 is 1.62. The van der Waals surface area contributed by atoms with Gasteiger partial charge in [-0.05, 0) is 45.0 Å². The Morgan fingerprint density at radius 1 is 1.32 bits per heavy atom. The molecule has 0 radical (unpaired) electrons. The van der Waals surface area contributed by atoms with Crippen LogP contribution in [0.2, 0.25) is 0 Å². The predicted molar refractivity (Wildman–Crippen MR) is 99.5 cm³/mol. The standard InChI is InChI=1S/C19H18N4OS/c1-12-7-17(18-11-25-14(3)21-18)13(2)23(12)10-19(24)22-16-6-4-5-15(8-16)9-20/h4-8,11H,10H2,1-3H3,(H,22,24). The molecule has 0 spiro atoms. The molecule has 2 heterocycles. The van der Waals surface area contributed by atoms with Crippen LogP contribution < -0.4 is 5.32 Å². The summed E-state index contributed by atoms with van der Waals surface area (Å²) in [5, 5.41) is 14.9. The number of benzene rings is 1. The largest absolute Gasteiger partial charge is 0.339 e. The number of aryl methyl sites for hydroxylation is 2. The summed E-state index contributed by atoms with van der Waals surface area (Å²) in [6.07, 6.45) is 0. The molecule has 0 fully saturated rings. The molecule has 0 aliphatic rings. The molecule has 5 nitrogen and oxygen atoms in total. The minimum atomic E-state index is -0.127. The van der Waals surface area contributed by atoms with Crippen molar-refractivity contribution in [1.29, 1.82) is 5.26 Å². The number of carbonyl (C=O) groups excluding carboxylic acids is 1. The highest BCUT2D eigenvalue weighted by Gasteiger charge is 2.15. The Hall–Kier alpha value is -2.91. The highest BCUT2D eigenvalue weighted by molar-refractivity contribution is 7.09. The van der Waals surface area contributed by atoms with E-state index in [4.69, 9.17) is 5.26 Å². The van der Waals surface area contributed by atoms with E-state index in [1.807, 2.05) is 30.7 Å². The number of nitrogens with one attached hydrogen (secondary N) is 1. The van der Waals surface area contributed by atoms with Gasteiger partial charge in [-0.3, -0.25) is 4.79 Å². The zero-order valence-corrected chi connectivity index (χ0v) is 15.1. The lowest BCUT2D eigenvalue weighted by Crippen LogP contribution is -2.20. The van der Waals surface area contributed by atoms with E-state index < -0.39 is 0 Å². The zero-order valence-electron chi connectivity index (χ0n) is 14.3. The second kappa shape index (κ2) is 6.91. The Labute approximate surface area is 150 Å². The number of hydrogen-bond donors (Lipinski definition) is 1. The predicted octanol–water partition coefficient (Wildman–Crippen LogP) is 4.05. The fourth-order valence-electron chi connectivity index (χ4n) is 2.80. The van der Waals surface area contributed by atoms with Crippen molar-refractivity contribution in [3.05, 3.63) is 57.7 Å². The van der Waals surface area contributed by atoms with Crippen LogP contribution in [-0.2, 0) is 11.3 Å². The maximum Gasteiger partial charge on any atom is 0.244 e. The molecule has 1 aromatic carbocycles. The summed E-state index contributed by atoms with van der Waals surface area (Å²) in [5.41, 5.74) is 5.18. The maximum absolute atomic E-state index is 12.4. The molecule has 6 heteroatoms. The molecule has 2 aromatic heterocycles. The quantitative estimate of drug-likeness (QED) is 0.772. The Kier molecular flexibility index (Phi) is 4.68. The number of nitriles is 1. The molecule has 126 valence electrons. The molecule has 3 rings (SSSR count). The van der Waals surface area contributed by atoms with Crippen molar-refractivity contribution in [2.75, 3.05) is 5.32 Å². The number of anilines is 1. The lowest BCUT2D eigenvalue weighted by atomic mass is 10.2. The number of rotatable bonds is 4. The van der Waals surface area contributed by atoms with E-state index in [0.717, 1.165) is 27.7 Å². The van der Waals surface area contributed by atoms with Gasteiger partial charge in [0.05, 0.1) is 22.3 Å². The molecule has 0 bridgehead atoms. The van der Waals surface area contributed by atoms with Gasteiger partial charge in [-0.2, -0.15) is 5.26 Å². The maximum atomic E-state index is 12.4. The summed E-state index contributed by atoms with van der Waals surface area (Å²) in [6.45, 7) is 6.19. The van der Waals surface area contributed by atoms with Crippen LogP contribution in [0.3, 0.4) is 0 Å². The van der Waals surface area contributed by atoms with Gasteiger partial charge in [0.25, 0.3) is 0 Å². The van der Waals surface area contributed by atoms with Gasteiger partial charge in [0.1, 0.15) is 6.54 Å². The van der Waals surface area contributed by atoms with E-state index in [0.29, 0.717) is 11.3 Å². The SMILES string of the molecule is Cc1nc(-c2cc(C)n(CC(=O)Nc3cccc(C#N)c3)c2C)cs1. The van der Waals surface area contributed by atoms with Crippen molar-refractivity contribution >= 4 is 22.9 Å². The van der Waals surface area contributed by atoms with Gasteiger partial charge >= 0.3 is 0 Å². The van der Waals surface area contributed by atoms with Crippen molar-refractivity contribution in [3.8, 4) is 17.3 Å². The Bertz CT molecular complexity index is 978. The van der Waals surface area contributed by atoms with Crippen molar-refractivity contribution < 1.29 is 4.79 Å². The fraction of sp³-hybridized carbons (Fsp3) is 0.211. The third-order valence-electron chi connectivity index (χ3n) is 4.05. The smallest absolute Gasteiger partial charge is 0.244 e. The molecule has 0 aliphatic carbocycles. The van der Waals surface area contributed by atoms with Gasteiger partial charge in [0.15, 0.2) is 0 Å². The Balaban J connectivity index is 1.79. The fourth-order valence-corrected chi connectivity index (χ4v) is 3.41. The minimum absolute atomic E-state index is 0.127. The molecule has 25 heavy (non-hydrogen) atoms. The van der Waals surface area contributed by atoms with E-state index in [2.05, 4.69) is 22.4 Å². The van der Waals surface area contributed by atoms with Crippen LogP contribution in [0.15, 0.2) is 35.7 Å². The first-order chi connectivity index (χ1) is 12.0. The van der Waals surface area contributed by atoms with Gasteiger partial charge in [-0.1, -0.05) is 6.07 Å². The van der Waals surface area contributed by atoms with Crippen molar-refractivity contribution in [2.45, 2.75) is 27.3 Å². The van der Waals surface area contributed by atoms with Crippen LogP contribution >= 0.6 is 11.3 Å². The normalized spacial score (nSPS) is 10.5. The molecule has 3 aromatic rings. The number of nitrogens with zero attached hydrogens (tertiary/aromatic N) is 3. The van der Waals surface area contributed by atoms with E-state index in [1.54, 1.807) is 35.6 Å². The van der Waals surface area contributed by atoms with Crippen LogP contribution in [0.25, 0.3) is 11.3 Å². The molecule has 0 saturated carbocycles. The first-order valence-corrected chi connectivity index (χ1v) is 8.75. The average Bonchev–Trinajstić information content (AvgIpc) is 3.13. The van der Waals surface area contributed by atoms with Crippen LogP contribution in [0, 0.1) is 32.1 Å². The Morgan fingerprint density at radius 3 is 2.80 bits per heavy atom. The number of thiazole rings is 1. The van der Waals surface area contributed by atoms with Gasteiger partial charge < -0.3 is 9.88 Å². The van der Waals surface area contributed by atoms with Gasteiger partial charge in [0, 0.05) is 28.0 Å². The first kappa shape index (κ1) is 16.9. The monoisotopic (exact) mass is 350 g/mol. The molecule has 0 unspecified atom stereocenters. The van der Waals surface area contributed by atoms with Crippen LogP contribution in [0.5, 0.6) is 0 Å². The van der Waals surface area contributed by atoms with Gasteiger partial charge in [-0.15, -0.1) is 11.3 Å². The summed E-state index contributed by atoms with van der Waals surface area (Å²) in [7, 11) is 0. The zero-order chi connectivity index (χ0) is 18.0. The highest BCUT2D eigenvalue weighted by atomic mass is 32.1. The summed E-state index contributed by atoms with van der Waals surface area (Å²) in [5.74, 6) is -0.127. The molecule has 0 aliphatic heterocycles. The van der Waals surface area contributed by atoms with Gasteiger partial charge in [-0.25, -0.2) is 4.98 Å². The summed E-state index contributed by atoms with van der Waals surface area (Å²) in [4.78, 5) is 16.9. The van der Waals surface area contributed by atoms with Crippen molar-refractivity contribution in [3.63, 3.8) is 0 Å². The number of hydrogen-bond acceptors (Lipinski definition) is 4. The van der Waals surface area contributed by atoms with Crippen LogP contribution in [-0.4, -0.2) is 15.5 Å². The molecular weight excluding hydrogens is 332 g/mol. The van der Waals surface area contributed by atoms with E-state index in [9.17, 15) is 4.79 Å². The second-order valence-corrected chi connectivity index (χ2v) is 6.93. The third kappa shape index (κ3) is 3.62. The molecule has 0 atom stereocenters. The molecule has 1 N–H and O–H groups in total. The topological polar surface area (TPSA) is 70.7 Å². The van der Waals surface area contributed by atoms with Crippen molar-refractivity contribution in [1.82, 2.24) is 9.55 Å². The summed E-state index contributed by atoms with van der Waals surface area (Å²) < 4.78 is 1.98. The number of aromatic nitrogens is 2. The van der Waals surface area contributed by atoms with Crippen LogP contribution in [0.4, 0.5) is 5.69 Å². The van der Waals surface area contributed by atoms with E-state index in [1.165, 1.54) is 0 Å². The van der Waals surface area contributed by atoms with Gasteiger partial charge in [0.2, 0.25) is 5.91 Å². The number of carbonyl (C=O) groups is 1. The minimum Gasteiger partial charge on any atom is -0.339 e. The lowest BCUT2D eigenvalue weighted by molar-refractivity contribution is -0.116. The highest BCUT2D eigenvalue weighted by Crippen LogP contribution is 2.28. The molecular formula is C19H18N4OS. The average molecular weight is 350 g/mol. The molecule has 0 saturated heterocycles. The number of amides is 1.